The molecule has 2 fully saturated rings. The first-order valence-electron chi connectivity index (χ1n) is 10.0. The number of carbonyl (C=O) groups is 4. The number of ether oxygens (including phenoxy) is 1. The van der Waals surface area contributed by atoms with Crippen LogP contribution in [0, 0.1) is 23.7 Å². The largest absolute Gasteiger partial charge is 0.454 e. The van der Waals surface area contributed by atoms with Crippen molar-refractivity contribution in [2.24, 2.45) is 23.7 Å². The first-order chi connectivity index (χ1) is 13.9. The number of aryl methyl sites for hydroxylation is 1. The quantitative estimate of drug-likeness (QED) is 0.451. The minimum Gasteiger partial charge on any atom is -0.454 e. The van der Waals surface area contributed by atoms with Crippen molar-refractivity contribution in [1.82, 2.24) is 4.90 Å². The van der Waals surface area contributed by atoms with Gasteiger partial charge in [-0.1, -0.05) is 37.3 Å². The summed E-state index contributed by atoms with van der Waals surface area (Å²) in [4.78, 5) is 51.2. The van der Waals surface area contributed by atoms with Crippen LogP contribution in [-0.2, 0) is 30.3 Å². The van der Waals surface area contributed by atoms with Crippen molar-refractivity contribution in [3.8, 4) is 0 Å². The van der Waals surface area contributed by atoms with Crippen LogP contribution in [0.15, 0.2) is 36.4 Å². The summed E-state index contributed by atoms with van der Waals surface area (Å²) in [6.07, 6.45) is 5.59. The molecule has 1 saturated carbocycles. The van der Waals surface area contributed by atoms with E-state index in [9.17, 15) is 19.2 Å². The summed E-state index contributed by atoms with van der Waals surface area (Å²) < 4.78 is 5.10. The number of carbonyl (C=O) groups excluding carboxylic acids is 4. The number of allylic oxidation sites excluding steroid dienone is 2. The second-order valence-electron chi connectivity index (χ2n) is 7.89. The van der Waals surface area contributed by atoms with Crippen molar-refractivity contribution in [2.75, 3.05) is 11.9 Å². The number of esters is 1. The highest BCUT2D eigenvalue weighted by Crippen LogP contribution is 2.52. The molecule has 1 aromatic rings. The number of fused-ring (bicyclic) bond motifs is 5. The van der Waals surface area contributed by atoms with Gasteiger partial charge in [-0.25, -0.2) is 4.79 Å². The lowest BCUT2D eigenvalue weighted by atomic mass is 9.85. The van der Waals surface area contributed by atoms with E-state index in [1.54, 1.807) is 6.07 Å². The maximum atomic E-state index is 12.8. The van der Waals surface area contributed by atoms with Crippen LogP contribution in [0.1, 0.15) is 25.8 Å². The van der Waals surface area contributed by atoms with Crippen molar-refractivity contribution < 1.29 is 23.9 Å². The van der Waals surface area contributed by atoms with Gasteiger partial charge < -0.3 is 10.1 Å². The van der Waals surface area contributed by atoms with Gasteiger partial charge in [0.15, 0.2) is 6.61 Å². The number of imide groups is 1. The number of rotatable bonds is 6. The predicted molar refractivity (Wildman–Crippen MR) is 104 cm³/mol. The molecular weight excluding hydrogens is 372 g/mol. The van der Waals surface area contributed by atoms with Crippen LogP contribution >= 0.6 is 0 Å². The molecule has 2 aliphatic carbocycles. The Bertz CT molecular complexity index is 878. The molecule has 1 saturated heterocycles. The maximum absolute atomic E-state index is 12.8. The summed E-state index contributed by atoms with van der Waals surface area (Å²) in [6, 6.07) is 6.34. The van der Waals surface area contributed by atoms with Gasteiger partial charge in [-0.05, 0) is 43.2 Å². The number of anilines is 1. The molecule has 7 heteroatoms. The van der Waals surface area contributed by atoms with E-state index in [-0.39, 0.29) is 35.5 Å². The van der Waals surface area contributed by atoms with Crippen LogP contribution in [0.3, 0.4) is 0 Å². The minimum atomic E-state index is -1.05. The molecule has 0 aromatic heterocycles. The number of hydrogen-bond acceptors (Lipinski definition) is 5. The summed E-state index contributed by atoms with van der Waals surface area (Å²) in [6.45, 7) is 2.98. The van der Waals surface area contributed by atoms with E-state index in [4.69, 9.17) is 4.74 Å². The van der Waals surface area contributed by atoms with E-state index in [0.717, 1.165) is 23.3 Å². The van der Waals surface area contributed by atoms with Crippen molar-refractivity contribution in [3.63, 3.8) is 0 Å². The normalized spacial score (nSPS) is 27.9. The van der Waals surface area contributed by atoms with Gasteiger partial charge >= 0.3 is 5.97 Å². The SMILES string of the molecule is CCc1ccccc1NC(=O)COC(=O)[C@@H](C)N1C(=O)[C@@H]2[C@H](C1=O)[C@H]1C=C[C@H]2C1. The second kappa shape index (κ2) is 7.46. The molecule has 7 nitrogen and oxygen atoms in total. The Morgan fingerprint density at radius 3 is 2.38 bits per heavy atom. The van der Waals surface area contributed by atoms with Crippen LogP contribution in [0.5, 0.6) is 0 Å². The highest BCUT2D eigenvalue weighted by Gasteiger charge is 2.60. The standard InChI is InChI=1S/C22H24N2O5/c1-3-13-6-4-5-7-16(13)23-17(25)11-29-22(28)12(2)24-20(26)18-14-8-9-15(10-14)19(18)21(24)27/h4-9,12,14-15,18-19H,3,10-11H2,1-2H3,(H,23,25)/t12-,14+,15+,18-,19+/m1/s1. The monoisotopic (exact) mass is 396 g/mol. The van der Waals surface area contributed by atoms with E-state index in [1.807, 2.05) is 37.3 Å². The van der Waals surface area contributed by atoms with E-state index in [0.29, 0.717) is 5.69 Å². The highest BCUT2D eigenvalue weighted by molar-refractivity contribution is 6.09. The van der Waals surface area contributed by atoms with Crippen LogP contribution in [0.2, 0.25) is 0 Å². The molecule has 152 valence electrons. The maximum Gasteiger partial charge on any atom is 0.329 e. The lowest BCUT2D eigenvalue weighted by Crippen LogP contribution is -2.45. The van der Waals surface area contributed by atoms with E-state index in [2.05, 4.69) is 5.32 Å². The molecule has 0 radical (unpaired) electrons. The van der Waals surface area contributed by atoms with Crippen molar-refractivity contribution in [2.45, 2.75) is 32.7 Å². The topological polar surface area (TPSA) is 92.8 Å². The molecule has 1 N–H and O–H groups in total. The first-order valence-corrected chi connectivity index (χ1v) is 10.0. The van der Waals surface area contributed by atoms with Gasteiger partial charge in [-0.2, -0.15) is 0 Å². The van der Waals surface area contributed by atoms with Crippen LogP contribution in [-0.4, -0.2) is 41.2 Å². The highest BCUT2D eigenvalue weighted by atomic mass is 16.5. The predicted octanol–water partition coefficient (Wildman–Crippen LogP) is 1.93. The fourth-order valence-electron chi connectivity index (χ4n) is 4.81. The summed E-state index contributed by atoms with van der Waals surface area (Å²) in [5.74, 6) is -2.39. The fourth-order valence-corrected chi connectivity index (χ4v) is 4.81. The average Bonchev–Trinajstić information content (AvgIpc) is 3.40. The van der Waals surface area contributed by atoms with E-state index >= 15 is 0 Å². The fraction of sp³-hybridized carbons (Fsp3) is 0.455. The molecule has 0 unspecified atom stereocenters. The minimum absolute atomic E-state index is 0.0825. The molecule has 1 aromatic carbocycles. The third kappa shape index (κ3) is 3.24. The van der Waals surface area contributed by atoms with Gasteiger partial charge in [-0.3, -0.25) is 19.3 Å². The molecule has 1 heterocycles. The number of para-hydroxylation sites is 1. The number of amides is 3. The molecule has 5 atom stereocenters. The summed E-state index contributed by atoms with van der Waals surface area (Å²) >= 11 is 0. The summed E-state index contributed by atoms with van der Waals surface area (Å²) in [7, 11) is 0. The number of nitrogens with one attached hydrogen (secondary N) is 1. The van der Waals surface area contributed by atoms with Gasteiger partial charge in [0.05, 0.1) is 11.8 Å². The van der Waals surface area contributed by atoms with Crippen molar-refractivity contribution in [3.05, 3.63) is 42.0 Å². The van der Waals surface area contributed by atoms with Crippen LogP contribution < -0.4 is 5.32 Å². The Labute approximate surface area is 169 Å². The lowest BCUT2D eigenvalue weighted by molar-refractivity contribution is -0.159. The summed E-state index contributed by atoms with van der Waals surface area (Å²) in [5, 5.41) is 2.72. The Kier molecular flexibility index (Phi) is 4.98. The Balaban J connectivity index is 1.35. The molecule has 29 heavy (non-hydrogen) atoms. The zero-order valence-corrected chi connectivity index (χ0v) is 16.5. The molecule has 4 rings (SSSR count). The summed E-state index contributed by atoms with van der Waals surface area (Å²) in [5.41, 5.74) is 1.65. The van der Waals surface area contributed by atoms with E-state index in [1.165, 1.54) is 6.92 Å². The molecular formula is C22H24N2O5. The van der Waals surface area contributed by atoms with Crippen LogP contribution in [0.4, 0.5) is 5.69 Å². The van der Waals surface area contributed by atoms with Gasteiger partial charge in [0.2, 0.25) is 11.8 Å². The van der Waals surface area contributed by atoms with E-state index < -0.39 is 24.5 Å². The Hall–Kier alpha value is -2.96. The Morgan fingerprint density at radius 1 is 1.14 bits per heavy atom. The number of likely N-dealkylation sites (tertiary alicyclic amines) is 1. The molecule has 0 spiro atoms. The molecule has 2 bridgehead atoms. The smallest absolute Gasteiger partial charge is 0.329 e. The van der Waals surface area contributed by atoms with Gasteiger partial charge in [-0.15, -0.1) is 0 Å². The van der Waals surface area contributed by atoms with Gasteiger partial charge in [0.25, 0.3) is 5.91 Å². The van der Waals surface area contributed by atoms with Gasteiger partial charge in [0.1, 0.15) is 6.04 Å². The number of nitrogens with zero attached hydrogens (tertiary/aromatic N) is 1. The Morgan fingerprint density at radius 2 is 1.76 bits per heavy atom. The lowest BCUT2D eigenvalue weighted by Gasteiger charge is -2.23. The van der Waals surface area contributed by atoms with Crippen LogP contribution in [0.25, 0.3) is 0 Å². The zero-order chi connectivity index (χ0) is 20.7. The molecule has 3 amide bonds. The zero-order valence-electron chi connectivity index (χ0n) is 16.5. The first kappa shape index (κ1) is 19.4. The third-order valence-electron chi connectivity index (χ3n) is 6.25. The average molecular weight is 396 g/mol. The number of benzene rings is 1. The number of hydrogen-bond donors (Lipinski definition) is 1. The van der Waals surface area contributed by atoms with Gasteiger partial charge in [0, 0.05) is 5.69 Å². The van der Waals surface area contributed by atoms with Crippen molar-refractivity contribution >= 4 is 29.4 Å². The third-order valence-corrected chi connectivity index (χ3v) is 6.25. The molecule has 3 aliphatic rings. The van der Waals surface area contributed by atoms with Crippen molar-refractivity contribution in [1.29, 1.82) is 0 Å². The molecule has 1 aliphatic heterocycles. The second-order valence-corrected chi connectivity index (χ2v) is 7.89.